The molecule has 3 aromatic rings. The molecule has 0 atom stereocenters. The van der Waals surface area contributed by atoms with Gasteiger partial charge in [0.25, 0.3) is 5.91 Å². The van der Waals surface area contributed by atoms with Crippen LogP contribution < -0.4 is 10.1 Å². The fourth-order valence-electron chi connectivity index (χ4n) is 2.94. The number of aryl methyl sites for hydroxylation is 1. The van der Waals surface area contributed by atoms with Crippen molar-refractivity contribution < 1.29 is 9.53 Å². The fourth-order valence-corrected chi connectivity index (χ4v) is 4.56. The predicted octanol–water partition coefficient (Wildman–Crippen LogP) is 7.17. The zero-order valence-electron chi connectivity index (χ0n) is 17.3. The molecule has 164 valence electrons. The number of carbonyl (C=O) groups is 1. The molecule has 0 aromatic heterocycles. The number of hydrogen-bond donors (Lipinski definition) is 1. The van der Waals surface area contributed by atoms with E-state index in [1.54, 1.807) is 42.5 Å². The van der Waals surface area contributed by atoms with Crippen molar-refractivity contribution in [2.24, 2.45) is 0 Å². The van der Waals surface area contributed by atoms with Gasteiger partial charge in [0.2, 0.25) is 0 Å². The molecule has 3 rings (SSSR count). The summed E-state index contributed by atoms with van der Waals surface area (Å²) < 4.78 is 7.16. The highest BCUT2D eigenvalue weighted by Crippen LogP contribution is 2.36. The van der Waals surface area contributed by atoms with Crippen molar-refractivity contribution >= 4 is 61.1 Å². The average molecular weight is 586 g/mol. The summed E-state index contributed by atoms with van der Waals surface area (Å²) in [4.78, 5) is 12.6. The number of benzene rings is 3. The van der Waals surface area contributed by atoms with Gasteiger partial charge in [-0.2, -0.15) is 10.5 Å². The van der Waals surface area contributed by atoms with Crippen LogP contribution in [-0.4, -0.2) is 5.91 Å². The average Bonchev–Trinajstić information content (AvgIpc) is 2.79. The molecule has 0 heterocycles. The maximum atomic E-state index is 12.6. The SMILES string of the molecule is Cc1ccc(Cl)cc1NC(=O)/C(C#N)=C/c1cc(Br)c(OCc2ccccc2C#N)c(Br)c1. The number of carbonyl (C=O) groups excluding carboxylic acids is 1. The summed E-state index contributed by atoms with van der Waals surface area (Å²) in [6.45, 7) is 2.05. The van der Waals surface area contributed by atoms with Gasteiger partial charge in [-0.15, -0.1) is 0 Å². The number of nitriles is 2. The van der Waals surface area contributed by atoms with E-state index in [4.69, 9.17) is 16.3 Å². The number of halogens is 3. The van der Waals surface area contributed by atoms with Crippen LogP contribution in [0.5, 0.6) is 5.75 Å². The molecule has 0 aliphatic rings. The second kappa shape index (κ2) is 11.2. The van der Waals surface area contributed by atoms with Gasteiger partial charge in [-0.1, -0.05) is 35.9 Å². The fraction of sp³-hybridized carbons (Fsp3) is 0.0800. The first kappa shape index (κ1) is 24.5. The first-order valence-corrected chi connectivity index (χ1v) is 11.6. The number of nitrogens with one attached hydrogen (secondary N) is 1. The number of hydrogen-bond acceptors (Lipinski definition) is 4. The van der Waals surface area contributed by atoms with E-state index in [1.807, 2.05) is 25.1 Å². The molecule has 3 aromatic carbocycles. The Balaban J connectivity index is 1.81. The lowest BCUT2D eigenvalue weighted by atomic mass is 10.1. The molecule has 1 amide bonds. The minimum atomic E-state index is -0.538. The van der Waals surface area contributed by atoms with E-state index in [9.17, 15) is 15.3 Å². The molecule has 0 saturated heterocycles. The van der Waals surface area contributed by atoms with Crippen molar-refractivity contribution in [3.8, 4) is 17.9 Å². The van der Waals surface area contributed by atoms with E-state index in [0.29, 0.717) is 36.5 Å². The molecule has 0 fully saturated rings. The van der Waals surface area contributed by atoms with E-state index >= 15 is 0 Å². The Hall–Kier alpha value is -3.10. The maximum absolute atomic E-state index is 12.6. The Morgan fingerprint density at radius 3 is 2.48 bits per heavy atom. The van der Waals surface area contributed by atoms with E-state index < -0.39 is 5.91 Å². The van der Waals surface area contributed by atoms with Crippen molar-refractivity contribution in [3.05, 3.63) is 96.4 Å². The Morgan fingerprint density at radius 2 is 1.82 bits per heavy atom. The lowest BCUT2D eigenvalue weighted by Crippen LogP contribution is -2.14. The van der Waals surface area contributed by atoms with Gasteiger partial charge >= 0.3 is 0 Å². The minimum Gasteiger partial charge on any atom is -0.486 e. The topological polar surface area (TPSA) is 85.9 Å². The van der Waals surface area contributed by atoms with Crippen LogP contribution in [0.2, 0.25) is 5.02 Å². The van der Waals surface area contributed by atoms with E-state index in [1.165, 1.54) is 6.08 Å². The Morgan fingerprint density at radius 1 is 1.12 bits per heavy atom. The third kappa shape index (κ3) is 6.24. The van der Waals surface area contributed by atoms with Gasteiger partial charge in [-0.3, -0.25) is 4.79 Å². The highest BCUT2D eigenvalue weighted by Gasteiger charge is 2.14. The number of amides is 1. The van der Waals surface area contributed by atoms with Gasteiger partial charge in [-0.25, -0.2) is 0 Å². The molecule has 1 N–H and O–H groups in total. The normalized spacial score (nSPS) is 10.8. The van der Waals surface area contributed by atoms with Crippen molar-refractivity contribution in [1.29, 1.82) is 10.5 Å². The molecule has 0 aliphatic carbocycles. The maximum Gasteiger partial charge on any atom is 0.266 e. The van der Waals surface area contributed by atoms with E-state index in [0.717, 1.165) is 11.1 Å². The standard InChI is InChI=1S/C25H16Br2ClN3O2/c1-15-6-7-20(28)11-23(15)31-25(32)19(13-30)8-16-9-21(26)24(22(27)10-16)33-14-18-5-3-2-4-17(18)12-29/h2-11H,14H2,1H3,(H,31,32)/b19-8+. The zero-order chi connectivity index (χ0) is 24.0. The van der Waals surface area contributed by atoms with Gasteiger partial charge in [-0.05, 0) is 86.3 Å². The van der Waals surface area contributed by atoms with Crippen molar-refractivity contribution in [2.45, 2.75) is 13.5 Å². The molecule has 0 saturated carbocycles. The smallest absolute Gasteiger partial charge is 0.266 e. The van der Waals surface area contributed by atoms with Crippen molar-refractivity contribution in [3.63, 3.8) is 0 Å². The predicted molar refractivity (Wildman–Crippen MR) is 136 cm³/mol. The highest BCUT2D eigenvalue weighted by atomic mass is 79.9. The van der Waals surface area contributed by atoms with Crippen LogP contribution in [0.3, 0.4) is 0 Å². The first-order valence-electron chi connectivity index (χ1n) is 9.61. The van der Waals surface area contributed by atoms with Crippen LogP contribution in [-0.2, 0) is 11.4 Å². The van der Waals surface area contributed by atoms with Crippen LogP contribution in [0.15, 0.2) is 69.1 Å². The molecule has 33 heavy (non-hydrogen) atoms. The molecule has 0 spiro atoms. The molecule has 0 bridgehead atoms. The Kier molecular flexibility index (Phi) is 8.30. The number of anilines is 1. The van der Waals surface area contributed by atoms with Crippen LogP contribution in [0.4, 0.5) is 5.69 Å². The summed E-state index contributed by atoms with van der Waals surface area (Å²) >= 11 is 13.0. The molecule has 0 aliphatic heterocycles. The minimum absolute atomic E-state index is 0.0650. The highest BCUT2D eigenvalue weighted by molar-refractivity contribution is 9.11. The van der Waals surface area contributed by atoms with E-state index in [-0.39, 0.29) is 12.2 Å². The summed E-state index contributed by atoms with van der Waals surface area (Å²) in [5.74, 6) is 0.000882. The third-order valence-electron chi connectivity index (χ3n) is 4.65. The van der Waals surface area contributed by atoms with Crippen LogP contribution >= 0.6 is 43.5 Å². The lowest BCUT2D eigenvalue weighted by Gasteiger charge is -2.12. The summed E-state index contributed by atoms with van der Waals surface area (Å²) in [5.41, 5.74) is 3.23. The number of nitrogens with zero attached hydrogens (tertiary/aromatic N) is 2. The third-order valence-corrected chi connectivity index (χ3v) is 6.07. The zero-order valence-corrected chi connectivity index (χ0v) is 21.3. The monoisotopic (exact) mass is 583 g/mol. The summed E-state index contributed by atoms with van der Waals surface area (Å²) in [5, 5.41) is 22.0. The lowest BCUT2D eigenvalue weighted by molar-refractivity contribution is -0.112. The van der Waals surface area contributed by atoms with Gasteiger partial charge < -0.3 is 10.1 Å². The van der Waals surface area contributed by atoms with Crippen molar-refractivity contribution in [2.75, 3.05) is 5.32 Å². The second-order valence-electron chi connectivity index (χ2n) is 6.95. The van der Waals surface area contributed by atoms with Gasteiger partial charge in [0.15, 0.2) is 0 Å². The molecule has 0 unspecified atom stereocenters. The first-order chi connectivity index (χ1) is 15.8. The molecule has 5 nitrogen and oxygen atoms in total. The summed E-state index contributed by atoms with van der Waals surface area (Å²) in [6.07, 6.45) is 1.49. The second-order valence-corrected chi connectivity index (χ2v) is 9.10. The number of rotatable bonds is 6. The summed E-state index contributed by atoms with van der Waals surface area (Å²) in [7, 11) is 0. The quantitative estimate of drug-likeness (QED) is 0.246. The van der Waals surface area contributed by atoms with Crippen LogP contribution in [0, 0.1) is 29.6 Å². The van der Waals surface area contributed by atoms with Gasteiger partial charge in [0, 0.05) is 16.3 Å². The largest absolute Gasteiger partial charge is 0.486 e. The van der Waals surface area contributed by atoms with E-state index in [2.05, 4.69) is 43.2 Å². The molecule has 0 radical (unpaired) electrons. The Bertz CT molecular complexity index is 1320. The van der Waals surface area contributed by atoms with Crippen LogP contribution in [0.1, 0.15) is 22.3 Å². The molecular weight excluding hydrogens is 570 g/mol. The van der Waals surface area contributed by atoms with Gasteiger partial charge in [0.05, 0.1) is 20.6 Å². The number of ether oxygens (including phenoxy) is 1. The molecular formula is C25H16Br2ClN3O2. The summed E-state index contributed by atoms with van der Waals surface area (Å²) in [6, 6.07) is 19.9. The molecule has 8 heteroatoms. The van der Waals surface area contributed by atoms with Gasteiger partial charge in [0.1, 0.15) is 24.0 Å². The van der Waals surface area contributed by atoms with Crippen LogP contribution in [0.25, 0.3) is 6.08 Å². The van der Waals surface area contributed by atoms with Crippen molar-refractivity contribution in [1.82, 2.24) is 0 Å². The Labute approximate surface area is 213 Å².